The topological polar surface area (TPSA) is 83.5 Å². The first-order valence-electron chi connectivity index (χ1n) is 5.22. The van der Waals surface area contributed by atoms with E-state index in [4.69, 9.17) is 16.7 Å². The number of hydrogen-bond acceptors (Lipinski definition) is 4. The number of nitrogens with one attached hydrogen (secondary N) is 1. The molecule has 2 aromatic rings. The number of carboxylic acids is 1. The van der Waals surface area contributed by atoms with Crippen molar-refractivity contribution in [2.45, 2.75) is 4.21 Å². The number of sulfonamides is 1. The highest BCUT2D eigenvalue weighted by molar-refractivity contribution is 9.11. The summed E-state index contributed by atoms with van der Waals surface area (Å²) in [7, 11) is -3.93. The van der Waals surface area contributed by atoms with Crippen molar-refractivity contribution in [2.24, 2.45) is 0 Å². The van der Waals surface area contributed by atoms with Crippen LogP contribution in [0.4, 0.5) is 5.69 Å². The van der Waals surface area contributed by atoms with Crippen LogP contribution < -0.4 is 4.72 Å². The lowest BCUT2D eigenvalue weighted by Gasteiger charge is -2.11. The maximum atomic E-state index is 12.3. The molecule has 0 fully saturated rings. The summed E-state index contributed by atoms with van der Waals surface area (Å²) >= 11 is 13.0. The van der Waals surface area contributed by atoms with Crippen LogP contribution in [0.15, 0.2) is 36.7 Å². The number of thiophene rings is 1. The molecule has 0 radical (unpaired) electrons. The van der Waals surface area contributed by atoms with E-state index in [2.05, 4.69) is 36.6 Å². The molecule has 2 N–H and O–H groups in total. The fourth-order valence-corrected chi connectivity index (χ4v) is 5.55. The molecule has 0 aliphatic carbocycles. The third-order valence-electron chi connectivity index (χ3n) is 2.37. The number of rotatable bonds is 4. The smallest absolute Gasteiger partial charge is 0.337 e. The molecular weight excluding hydrogens is 470 g/mol. The first kappa shape index (κ1) is 16.8. The minimum Gasteiger partial charge on any atom is -0.478 e. The third kappa shape index (κ3) is 3.59. The summed E-state index contributed by atoms with van der Waals surface area (Å²) in [6, 6.07) is 5.64. The van der Waals surface area contributed by atoms with Gasteiger partial charge in [-0.1, -0.05) is 17.7 Å². The van der Waals surface area contributed by atoms with Gasteiger partial charge in [0.2, 0.25) is 0 Å². The standard InChI is InChI=1S/C11H6Br2ClNO4S2/c12-6-3-1-2-5(11(16)17)9(6)15-21(18,19)8-4-7(14)10(13)20-8/h1-4,15H,(H,16,17). The molecule has 0 amide bonds. The highest BCUT2D eigenvalue weighted by Crippen LogP contribution is 2.36. The molecule has 1 aromatic heterocycles. The van der Waals surface area contributed by atoms with Gasteiger partial charge < -0.3 is 5.11 Å². The zero-order valence-electron chi connectivity index (χ0n) is 9.93. The summed E-state index contributed by atoms with van der Waals surface area (Å²) in [4.78, 5) is 11.2. The highest BCUT2D eigenvalue weighted by Gasteiger charge is 2.23. The van der Waals surface area contributed by atoms with Gasteiger partial charge in [0, 0.05) is 4.47 Å². The molecule has 0 unspecified atom stereocenters. The van der Waals surface area contributed by atoms with Crippen molar-refractivity contribution >= 4 is 76.5 Å². The van der Waals surface area contributed by atoms with E-state index in [1.54, 1.807) is 6.07 Å². The monoisotopic (exact) mass is 473 g/mol. The second-order valence-corrected chi connectivity index (χ2v) is 9.30. The van der Waals surface area contributed by atoms with Crippen LogP contribution in [-0.4, -0.2) is 19.5 Å². The second-order valence-electron chi connectivity index (χ2n) is 3.76. The Labute approximate surface area is 146 Å². The Kier molecular flexibility index (Phi) is 4.99. The second kappa shape index (κ2) is 6.25. The SMILES string of the molecule is O=C(O)c1cccc(Br)c1NS(=O)(=O)c1cc(Cl)c(Br)s1. The number of carbonyl (C=O) groups is 1. The van der Waals surface area contributed by atoms with Gasteiger partial charge in [0.1, 0.15) is 4.21 Å². The Morgan fingerprint density at radius 2 is 2.00 bits per heavy atom. The van der Waals surface area contributed by atoms with Crippen molar-refractivity contribution in [1.29, 1.82) is 0 Å². The van der Waals surface area contributed by atoms with Gasteiger partial charge in [0.15, 0.2) is 0 Å². The number of aromatic carboxylic acids is 1. The maximum Gasteiger partial charge on any atom is 0.337 e. The maximum absolute atomic E-state index is 12.3. The molecule has 1 heterocycles. The predicted octanol–water partition coefficient (Wildman–Crippen LogP) is 4.43. The molecular formula is C11H6Br2ClNO4S2. The minimum atomic E-state index is -3.93. The zero-order chi connectivity index (χ0) is 15.8. The molecule has 0 atom stereocenters. The Bertz CT molecular complexity index is 800. The fourth-order valence-electron chi connectivity index (χ4n) is 1.45. The van der Waals surface area contributed by atoms with Gasteiger partial charge in [-0.05, 0) is 50.1 Å². The quantitative estimate of drug-likeness (QED) is 0.686. The van der Waals surface area contributed by atoms with Crippen LogP contribution in [0, 0.1) is 0 Å². The van der Waals surface area contributed by atoms with Crippen LogP contribution in [0.1, 0.15) is 10.4 Å². The zero-order valence-corrected chi connectivity index (χ0v) is 15.5. The Morgan fingerprint density at radius 3 is 2.52 bits per heavy atom. The lowest BCUT2D eigenvalue weighted by molar-refractivity contribution is 0.0698. The minimum absolute atomic E-state index is 0.0218. The number of carboxylic acid groups (broad SMARTS) is 1. The Hall–Kier alpha value is -0.610. The first-order valence-corrected chi connectivity index (χ1v) is 9.48. The lowest BCUT2D eigenvalue weighted by atomic mass is 10.2. The van der Waals surface area contributed by atoms with Gasteiger partial charge in [0.05, 0.1) is 20.1 Å². The molecule has 112 valence electrons. The molecule has 0 aliphatic rings. The number of anilines is 1. The van der Waals surface area contributed by atoms with Gasteiger partial charge in [-0.25, -0.2) is 13.2 Å². The van der Waals surface area contributed by atoms with Gasteiger partial charge in [-0.15, -0.1) is 11.3 Å². The average Bonchev–Trinajstić information content (AvgIpc) is 2.72. The predicted molar refractivity (Wildman–Crippen MR) is 88.9 cm³/mol. The number of para-hydroxylation sites is 1. The van der Waals surface area contributed by atoms with Gasteiger partial charge in [-0.2, -0.15) is 0 Å². The van der Waals surface area contributed by atoms with Crippen LogP contribution in [-0.2, 0) is 10.0 Å². The van der Waals surface area contributed by atoms with E-state index in [9.17, 15) is 13.2 Å². The lowest BCUT2D eigenvalue weighted by Crippen LogP contribution is -2.15. The van der Waals surface area contributed by atoms with Crippen LogP contribution in [0.5, 0.6) is 0 Å². The van der Waals surface area contributed by atoms with Crippen LogP contribution in [0.3, 0.4) is 0 Å². The van der Waals surface area contributed by atoms with E-state index < -0.39 is 16.0 Å². The van der Waals surface area contributed by atoms with Gasteiger partial charge in [-0.3, -0.25) is 4.72 Å². The highest BCUT2D eigenvalue weighted by atomic mass is 79.9. The Morgan fingerprint density at radius 1 is 1.33 bits per heavy atom. The van der Waals surface area contributed by atoms with Crippen molar-refractivity contribution in [3.8, 4) is 0 Å². The molecule has 5 nitrogen and oxygen atoms in total. The molecule has 0 aliphatic heterocycles. The average molecular weight is 476 g/mol. The van der Waals surface area contributed by atoms with Crippen molar-refractivity contribution in [3.63, 3.8) is 0 Å². The van der Waals surface area contributed by atoms with Gasteiger partial charge in [0.25, 0.3) is 10.0 Å². The van der Waals surface area contributed by atoms with Crippen molar-refractivity contribution in [2.75, 3.05) is 4.72 Å². The van der Waals surface area contributed by atoms with Crippen molar-refractivity contribution in [1.82, 2.24) is 0 Å². The van der Waals surface area contributed by atoms with Crippen LogP contribution >= 0.6 is 54.8 Å². The first-order chi connectivity index (χ1) is 9.72. The summed E-state index contributed by atoms with van der Waals surface area (Å²) in [6.07, 6.45) is 0. The molecule has 2 rings (SSSR count). The molecule has 21 heavy (non-hydrogen) atoms. The van der Waals surface area contributed by atoms with E-state index >= 15 is 0 Å². The summed E-state index contributed by atoms with van der Waals surface area (Å²) in [5.41, 5.74) is -0.194. The largest absolute Gasteiger partial charge is 0.478 e. The van der Waals surface area contributed by atoms with E-state index in [0.717, 1.165) is 11.3 Å². The molecule has 0 saturated carbocycles. The summed E-state index contributed by atoms with van der Waals surface area (Å²) in [5, 5.41) is 9.39. The van der Waals surface area contributed by atoms with E-state index in [-0.39, 0.29) is 20.5 Å². The molecule has 10 heteroatoms. The number of hydrogen-bond donors (Lipinski definition) is 2. The normalized spacial score (nSPS) is 11.4. The van der Waals surface area contributed by atoms with Crippen LogP contribution in [0.2, 0.25) is 5.02 Å². The van der Waals surface area contributed by atoms with E-state index in [1.807, 2.05) is 0 Å². The molecule has 0 saturated heterocycles. The van der Waals surface area contributed by atoms with E-state index in [1.165, 1.54) is 18.2 Å². The summed E-state index contributed by atoms with van der Waals surface area (Å²) < 4.78 is 27.7. The van der Waals surface area contributed by atoms with Crippen molar-refractivity contribution in [3.05, 3.63) is 43.1 Å². The Balaban J connectivity index is 2.49. The number of halogens is 3. The van der Waals surface area contributed by atoms with Gasteiger partial charge >= 0.3 is 5.97 Å². The number of benzene rings is 1. The van der Waals surface area contributed by atoms with E-state index in [0.29, 0.717) is 8.26 Å². The van der Waals surface area contributed by atoms with Crippen molar-refractivity contribution < 1.29 is 18.3 Å². The summed E-state index contributed by atoms with van der Waals surface area (Å²) in [6.45, 7) is 0. The third-order valence-corrected chi connectivity index (χ3v) is 7.33. The molecule has 1 aromatic carbocycles. The van der Waals surface area contributed by atoms with Crippen LogP contribution in [0.25, 0.3) is 0 Å². The molecule has 0 bridgehead atoms. The molecule has 0 spiro atoms. The fraction of sp³-hybridized carbons (Fsp3) is 0. The summed E-state index contributed by atoms with van der Waals surface area (Å²) in [5.74, 6) is -1.24.